The maximum absolute atomic E-state index is 9.02. The number of hydrogen-bond donors (Lipinski definition) is 1. The fraction of sp³-hybridized carbons (Fsp3) is 0.500. The lowest BCUT2D eigenvalue weighted by Crippen LogP contribution is -2.24. The number of rotatable bonds is 6. The lowest BCUT2D eigenvalue weighted by atomic mass is 10.1. The molecule has 17 heavy (non-hydrogen) atoms. The van der Waals surface area contributed by atoms with Crippen molar-refractivity contribution in [3.8, 4) is 11.8 Å². The van der Waals surface area contributed by atoms with Gasteiger partial charge in [0.15, 0.2) is 0 Å². The van der Waals surface area contributed by atoms with Crippen LogP contribution in [0.5, 0.6) is 5.75 Å². The SMILES string of the molecule is CNCCC(Oc1ccccc1C#N)C1CC1. The topological polar surface area (TPSA) is 45.0 Å². The van der Waals surface area contributed by atoms with Crippen molar-refractivity contribution in [2.75, 3.05) is 13.6 Å². The Hall–Kier alpha value is -1.53. The van der Waals surface area contributed by atoms with E-state index in [2.05, 4.69) is 11.4 Å². The Labute approximate surface area is 102 Å². The van der Waals surface area contributed by atoms with Gasteiger partial charge in [0.05, 0.1) is 5.56 Å². The summed E-state index contributed by atoms with van der Waals surface area (Å²) >= 11 is 0. The Bertz CT molecular complexity index is 407. The van der Waals surface area contributed by atoms with E-state index in [0.717, 1.165) is 18.7 Å². The highest BCUT2D eigenvalue weighted by Crippen LogP contribution is 2.36. The second-order valence-electron chi connectivity index (χ2n) is 4.49. The maximum atomic E-state index is 9.02. The average Bonchev–Trinajstić information content (AvgIpc) is 3.19. The van der Waals surface area contributed by atoms with Gasteiger partial charge < -0.3 is 10.1 Å². The molecular weight excluding hydrogens is 212 g/mol. The van der Waals surface area contributed by atoms with E-state index in [9.17, 15) is 0 Å². The van der Waals surface area contributed by atoms with Crippen LogP contribution in [0.3, 0.4) is 0 Å². The summed E-state index contributed by atoms with van der Waals surface area (Å²) in [5, 5.41) is 12.2. The fourth-order valence-electron chi connectivity index (χ4n) is 1.97. The van der Waals surface area contributed by atoms with Crippen LogP contribution in [0.4, 0.5) is 0 Å². The van der Waals surface area contributed by atoms with Crippen molar-refractivity contribution in [3.05, 3.63) is 29.8 Å². The van der Waals surface area contributed by atoms with Crippen LogP contribution in [-0.2, 0) is 0 Å². The summed E-state index contributed by atoms with van der Waals surface area (Å²) in [5.41, 5.74) is 0.627. The minimum atomic E-state index is 0.247. The molecule has 0 saturated heterocycles. The highest BCUT2D eigenvalue weighted by molar-refractivity contribution is 5.42. The summed E-state index contributed by atoms with van der Waals surface area (Å²) in [7, 11) is 1.95. The number of ether oxygens (including phenoxy) is 1. The smallest absolute Gasteiger partial charge is 0.137 e. The number of hydrogen-bond acceptors (Lipinski definition) is 3. The Morgan fingerprint density at radius 1 is 1.47 bits per heavy atom. The number of benzene rings is 1. The third kappa shape index (κ3) is 3.21. The van der Waals surface area contributed by atoms with Gasteiger partial charge in [0.2, 0.25) is 0 Å². The molecule has 0 radical (unpaired) electrons. The van der Waals surface area contributed by atoms with Gasteiger partial charge in [-0.25, -0.2) is 0 Å². The molecule has 90 valence electrons. The number of para-hydroxylation sites is 1. The Morgan fingerprint density at radius 2 is 2.24 bits per heavy atom. The molecule has 1 atom stereocenters. The minimum absolute atomic E-state index is 0.247. The van der Waals surface area contributed by atoms with Crippen LogP contribution in [0.1, 0.15) is 24.8 Å². The van der Waals surface area contributed by atoms with E-state index in [4.69, 9.17) is 10.00 Å². The zero-order valence-electron chi connectivity index (χ0n) is 10.1. The van der Waals surface area contributed by atoms with Crippen molar-refractivity contribution in [3.63, 3.8) is 0 Å². The average molecular weight is 230 g/mol. The second-order valence-corrected chi connectivity index (χ2v) is 4.49. The molecule has 3 heteroatoms. The van der Waals surface area contributed by atoms with Gasteiger partial charge in [0.25, 0.3) is 0 Å². The quantitative estimate of drug-likeness (QED) is 0.815. The first-order chi connectivity index (χ1) is 8.35. The predicted molar refractivity (Wildman–Crippen MR) is 66.8 cm³/mol. The Balaban J connectivity index is 2.03. The Morgan fingerprint density at radius 3 is 2.88 bits per heavy atom. The molecule has 0 aromatic heterocycles. The van der Waals surface area contributed by atoms with Crippen LogP contribution in [0.2, 0.25) is 0 Å². The van der Waals surface area contributed by atoms with Crippen LogP contribution >= 0.6 is 0 Å². The summed E-state index contributed by atoms with van der Waals surface area (Å²) in [6.07, 6.45) is 3.75. The molecule has 0 aliphatic heterocycles. The van der Waals surface area contributed by atoms with Crippen LogP contribution in [0, 0.1) is 17.2 Å². The highest BCUT2D eigenvalue weighted by atomic mass is 16.5. The van der Waals surface area contributed by atoms with Gasteiger partial charge in [0.1, 0.15) is 17.9 Å². The maximum Gasteiger partial charge on any atom is 0.137 e. The molecule has 0 amide bonds. The molecule has 0 heterocycles. The zero-order valence-corrected chi connectivity index (χ0v) is 10.1. The van der Waals surface area contributed by atoms with Crippen molar-refractivity contribution in [2.24, 2.45) is 5.92 Å². The third-order valence-corrected chi connectivity index (χ3v) is 3.11. The molecule has 1 aromatic rings. The van der Waals surface area contributed by atoms with E-state index in [1.165, 1.54) is 12.8 Å². The van der Waals surface area contributed by atoms with Gasteiger partial charge in [0, 0.05) is 0 Å². The number of nitrogens with zero attached hydrogens (tertiary/aromatic N) is 1. The van der Waals surface area contributed by atoms with Crippen LogP contribution < -0.4 is 10.1 Å². The first-order valence-electron chi connectivity index (χ1n) is 6.15. The molecule has 3 nitrogen and oxygen atoms in total. The molecule has 1 aliphatic rings. The second kappa shape index (κ2) is 5.70. The zero-order chi connectivity index (χ0) is 12.1. The molecule has 1 aliphatic carbocycles. The van der Waals surface area contributed by atoms with Crippen molar-refractivity contribution in [2.45, 2.75) is 25.4 Å². The highest BCUT2D eigenvalue weighted by Gasteiger charge is 2.32. The van der Waals surface area contributed by atoms with Gasteiger partial charge in [-0.1, -0.05) is 12.1 Å². The third-order valence-electron chi connectivity index (χ3n) is 3.11. The van der Waals surface area contributed by atoms with Crippen molar-refractivity contribution < 1.29 is 4.74 Å². The van der Waals surface area contributed by atoms with Gasteiger partial charge in [-0.15, -0.1) is 0 Å². The van der Waals surface area contributed by atoms with Crippen LogP contribution in [0.15, 0.2) is 24.3 Å². The normalized spacial score (nSPS) is 16.2. The van der Waals surface area contributed by atoms with E-state index < -0.39 is 0 Å². The summed E-state index contributed by atoms with van der Waals surface area (Å²) in [5.74, 6) is 1.40. The molecule has 0 bridgehead atoms. The molecule has 1 saturated carbocycles. The summed E-state index contributed by atoms with van der Waals surface area (Å²) in [6, 6.07) is 9.64. The molecule has 1 aromatic carbocycles. The van der Waals surface area contributed by atoms with Crippen molar-refractivity contribution in [1.82, 2.24) is 5.32 Å². The van der Waals surface area contributed by atoms with E-state index in [0.29, 0.717) is 11.5 Å². The lowest BCUT2D eigenvalue weighted by Gasteiger charge is -2.19. The fourth-order valence-corrected chi connectivity index (χ4v) is 1.97. The Kier molecular flexibility index (Phi) is 4.00. The van der Waals surface area contributed by atoms with E-state index in [-0.39, 0.29) is 6.10 Å². The molecule has 0 spiro atoms. The summed E-state index contributed by atoms with van der Waals surface area (Å²) in [4.78, 5) is 0. The van der Waals surface area contributed by atoms with Gasteiger partial charge >= 0.3 is 0 Å². The van der Waals surface area contributed by atoms with Crippen LogP contribution in [-0.4, -0.2) is 19.7 Å². The predicted octanol–water partition coefficient (Wildman–Crippen LogP) is 2.33. The minimum Gasteiger partial charge on any atom is -0.489 e. The summed E-state index contributed by atoms with van der Waals surface area (Å²) in [6.45, 7) is 0.954. The number of nitrogens with one attached hydrogen (secondary N) is 1. The van der Waals surface area contributed by atoms with E-state index in [1.807, 2.05) is 25.2 Å². The molecule has 1 fully saturated rings. The lowest BCUT2D eigenvalue weighted by molar-refractivity contribution is 0.167. The van der Waals surface area contributed by atoms with Gasteiger partial charge in [-0.3, -0.25) is 0 Å². The monoisotopic (exact) mass is 230 g/mol. The van der Waals surface area contributed by atoms with Crippen molar-refractivity contribution >= 4 is 0 Å². The van der Waals surface area contributed by atoms with Gasteiger partial charge in [-0.2, -0.15) is 5.26 Å². The van der Waals surface area contributed by atoms with E-state index >= 15 is 0 Å². The first-order valence-corrected chi connectivity index (χ1v) is 6.15. The van der Waals surface area contributed by atoms with Crippen LogP contribution in [0.25, 0.3) is 0 Å². The molecule has 1 unspecified atom stereocenters. The van der Waals surface area contributed by atoms with E-state index in [1.54, 1.807) is 6.07 Å². The molecule has 1 N–H and O–H groups in total. The van der Waals surface area contributed by atoms with Gasteiger partial charge in [-0.05, 0) is 50.9 Å². The summed E-state index contributed by atoms with van der Waals surface area (Å²) < 4.78 is 6.00. The molecular formula is C14H18N2O. The molecule has 2 rings (SSSR count). The van der Waals surface area contributed by atoms with Crippen molar-refractivity contribution in [1.29, 1.82) is 5.26 Å². The standard InChI is InChI=1S/C14H18N2O/c1-16-9-8-14(11-6-7-11)17-13-5-3-2-4-12(13)10-15/h2-5,11,14,16H,6-9H2,1H3. The largest absolute Gasteiger partial charge is 0.489 e. The number of nitriles is 1. The first kappa shape index (κ1) is 11.9.